The van der Waals surface area contributed by atoms with Crippen LogP contribution in [-0.2, 0) is 0 Å². The Labute approximate surface area is 57.0 Å². The molecular weight excluding hydrogens is 108 g/mol. The number of hydrogen-bond acceptors (Lipinski definition) is 0. The van der Waals surface area contributed by atoms with Gasteiger partial charge in [0.05, 0.1) is 0 Å². The van der Waals surface area contributed by atoms with Gasteiger partial charge in [-0.1, -0.05) is 17.6 Å². The minimum absolute atomic E-state index is 1.01. The van der Waals surface area contributed by atoms with Crippen molar-refractivity contribution < 1.29 is 0 Å². The Balaban J connectivity index is 2.32. The van der Waals surface area contributed by atoms with Gasteiger partial charge >= 0.3 is 0 Å². The van der Waals surface area contributed by atoms with E-state index < -0.39 is 0 Å². The molecule has 0 aliphatic heterocycles. The van der Waals surface area contributed by atoms with Gasteiger partial charge in [-0.2, -0.15) is 0 Å². The van der Waals surface area contributed by atoms with Gasteiger partial charge < -0.3 is 0 Å². The van der Waals surface area contributed by atoms with Crippen LogP contribution in [0.4, 0.5) is 0 Å². The first-order valence-electron chi connectivity index (χ1n) is 3.51. The van der Waals surface area contributed by atoms with E-state index in [1.165, 1.54) is 19.3 Å². The van der Waals surface area contributed by atoms with Crippen LogP contribution in [0.2, 0.25) is 0 Å². The van der Waals surface area contributed by atoms with E-state index in [0.717, 1.165) is 6.42 Å². The fourth-order valence-electron chi connectivity index (χ4n) is 1.10. The van der Waals surface area contributed by atoms with Gasteiger partial charge in [-0.3, -0.25) is 0 Å². The molecule has 0 heteroatoms. The third kappa shape index (κ3) is 1.93. The first kappa shape index (κ1) is 6.42. The largest absolute Gasteiger partial charge is 0.106 e. The normalized spacial score (nSPS) is 16.3. The van der Waals surface area contributed by atoms with Gasteiger partial charge in [-0.15, -0.1) is 5.92 Å². The summed E-state index contributed by atoms with van der Waals surface area (Å²) in [5.41, 5.74) is 1.55. The standard InChI is InChI=1S/C9H12/c1-2-3-6-9-7-4-5-8-9/h7H,4-6,8H2,1H3. The predicted octanol–water partition coefficient (Wildman–Crippen LogP) is 2.51. The highest BCUT2D eigenvalue weighted by molar-refractivity contribution is 5.15. The Morgan fingerprint density at radius 1 is 1.67 bits per heavy atom. The summed E-state index contributed by atoms with van der Waals surface area (Å²) in [5, 5.41) is 0. The van der Waals surface area contributed by atoms with Crippen LogP contribution < -0.4 is 0 Å². The van der Waals surface area contributed by atoms with E-state index >= 15 is 0 Å². The van der Waals surface area contributed by atoms with Gasteiger partial charge in [-0.05, 0) is 26.2 Å². The zero-order chi connectivity index (χ0) is 6.53. The smallest absolute Gasteiger partial charge is 0.0299 e. The Morgan fingerprint density at radius 2 is 2.56 bits per heavy atom. The average molecular weight is 120 g/mol. The van der Waals surface area contributed by atoms with Crippen molar-refractivity contribution >= 4 is 0 Å². The summed E-state index contributed by atoms with van der Waals surface area (Å²) in [4.78, 5) is 0. The molecule has 0 aromatic carbocycles. The quantitative estimate of drug-likeness (QED) is 0.368. The van der Waals surface area contributed by atoms with Gasteiger partial charge in [-0.25, -0.2) is 0 Å². The molecule has 0 bridgehead atoms. The van der Waals surface area contributed by atoms with Gasteiger partial charge in [0.2, 0.25) is 0 Å². The van der Waals surface area contributed by atoms with E-state index in [-0.39, 0.29) is 0 Å². The van der Waals surface area contributed by atoms with Crippen molar-refractivity contribution in [3.8, 4) is 11.8 Å². The molecule has 0 atom stereocenters. The van der Waals surface area contributed by atoms with Crippen LogP contribution in [0.3, 0.4) is 0 Å². The molecule has 0 heterocycles. The van der Waals surface area contributed by atoms with Crippen molar-refractivity contribution in [3.05, 3.63) is 11.6 Å². The monoisotopic (exact) mass is 120 g/mol. The Hall–Kier alpha value is -0.700. The molecule has 0 radical (unpaired) electrons. The second-order valence-electron chi connectivity index (χ2n) is 2.36. The highest BCUT2D eigenvalue weighted by Crippen LogP contribution is 2.19. The first-order valence-corrected chi connectivity index (χ1v) is 3.51. The highest BCUT2D eigenvalue weighted by atomic mass is 14.1. The average Bonchev–Trinajstić information content (AvgIpc) is 2.34. The molecule has 0 aromatic heterocycles. The molecule has 0 spiro atoms. The molecular formula is C9H12. The zero-order valence-corrected chi connectivity index (χ0v) is 5.91. The van der Waals surface area contributed by atoms with Crippen LogP contribution in [0, 0.1) is 11.8 Å². The van der Waals surface area contributed by atoms with Crippen LogP contribution in [0.5, 0.6) is 0 Å². The van der Waals surface area contributed by atoms with Gasteiger partial charge in [0, 0.05) is 6.42 Å². The summed E-state index contributed by atoms with van der Waals surface area (Å²) in [7, 11) is 0. The van der Waals surface area contributed by atoms with Crippen LogP contribution >= 0.6 is 0 Å². The first-order chi connectivity index (χ1) is 4.43. The van der Waals surface area contributed by atoms with Crippen molar-refractivity contribution in [1.29, 1.82) is 0 Å². The second kappa shape index (κ2) is 3.35. The molecule has 0 nitrogen and oxygen atoms in total. The molecule has 1 rings (SSSR count). The lowest BCUT2D eigenvalue weighted by molar-refractivity contribution is 0.896. The molecule has 1 aliphatic rings. The third-order valence-corrected chi connectivity index (χ3v) is 1.63. The highest BCUT2D eigenvalue weighted by Gasteiger charge is 2.00. The van der Waals surface area contributed by atoms with Crippen molar-refractivity contribution in [1.82, 2.24) is 0 Å². The number of rotatable bonds is 1. The van der Waals surface area contributed by atoms with Crippen molar-refractivity contribution in [3.63, 3.8) is 0 Å². The van der Waals surface area contributed by atoms with Crippen LogP contribution in [0.1, 0.15) is 32.6 Å². The van der Waals surface area contributed by atoms with E-state index in [2.05, 4.69) is 17.9 Å². The van der Waals surface area contributed by atoms with E-state index in [1.807, 2.05) is 6.92 Å². The summed E-state index contributed by atoms with van der Waals surface area (Å²) in [6.45, 7) is 1.90. The molecule has 1 aliphatic carbocycles. The third-order valence-electron chi connectivity index (χ3n) is 1.63. The topological polar surface area (TPSA) is 0 Å². The van der Waals surface area contributed by atoms with Crippen LogP contribution in [0.15, 0.2) is 11.6 Å². The van der Waals surface area contributed by atoms with Crippen molar-refractivity contribution in [2.45, 2.75) is 32.6 Å². The van der Waals surface area contributed by atoms with Crippen LogP contribution in [0.25, 0.3) is 0 Å². The number of allylic oxidation sites excluding steroid dienone is 2. The fourth-order valence-corrected chi connectivity index (χ4v) is 1.10. The fraction of sp³-hybridized carbons (Fsp3) is 0.556. The molecule has 0 saturated carbocycles. The molecule has 0 aromatic rings. The lowest BCUT2D eigenvalue weighted by Gasteiger charge is -1.89. The number of hydrogen-bond donors (Lipinski definition) is 0. The summed E-state index contributed by atoms with van der Waals surface area (Å²) in [6.07, 6.45) is 7.25. The minimum Gasteiger partial charge on any atom is -0.106 e. The van der Waals surface area contributed by atoms with E-state index in [9.17, 15) is 0 Å². The van der Waals surface area contributed by atoms with E-state index in [1.54, 1.807) is 5.57 Å². The summed E-state index contributed by atoms with van der Waals surface area (Å²) >= 11 is 0. The minimum atomic E-state index is 1.01. The Morgan fingerprint density at radius 3 is 3.11 bits per heavy atom. The summed E-state index contributed by atoms with van der Waals surface area (Å²) < 4.78 is 0. The maximum absolute atomic E-state index is 3.07. The summed E-state index contributed by atoms with van der Waals surface area (Å²) in [5.74, 6) is 5.98. The molecule has 48 valence electrons. The Kier molecular flexibility index (Phi) is 2.39. The zero-order valence-electron chi connectivity index (χ0n) is 5.91. The summed E-state index contributed by atoms with van der Waals surface area (Å²) in [6, 6.07) is 0. The molecule has 0 saturated heterocycles. The Bertz CT molecular complexity index is 164. The lowest BCUT2D eigenvalue weighted by atomic mass is 10.2. The van der Waals surface area contributed by atoms with E-state index in [0.29, 0.717) is 0 Å². The molecule has 0 N–H and O–H groups in total. The molecule has 9 heavy (non-hydrogen) atoms. The van der Waals surface area contributed by atoms with Gasteiger partial charge in [0.25, 0.3) is 0 Å². The van der Waals surface area contributed by atoms with E-state index in [4.69, 9.17) is 0 Å². The van der Waals surface area contributed by atoms with Gasteiger partial charge in [0.1, 0.15) is 0 Å². The molecule has 0 amide bonds. The SMILES string of the molecule is CC#CCC1=CCCC1. The van der Waals surface area contributed by atoms with Crippen LogP contribution in [-0.4, -0.2) is 0 Å². The maximum Gasteiger partial charge on any atom is 0.0299 e. The van der Waals surface area contributed by atoms with Crippen molar-refractivity contribution in [2.24, 2.45) is 0 Å². The van der Waals surface area contributed by atoms with Crippen molar-refractivity contribution in [2.75, 3.05) is 0 Å². The molecule has 0 unspecified atom stereocenters. The van der Waals surface area contributed by atoms with Gasteiger partial charge in [0.15, 0.2) is 0 Å². The lowest BCUT2D eigenvalue weighted by Crippen LogP contribution is -1.72. The molecule has 0 fully saturated rings. The second-order valence-corrected chi connectivity index (χ2v) is 2.36. The maximum atomic E-state index is 3.07. The predicted molar refractivity (Wildman–Crippen MR) is 40.0 cm³/mol.